The maximum absolute atomic E-state index is 12.5. The Labute approximate surface area is 155 Å². The van der Waals surface area contributed by atoms with Crippen molar-refractivity contribution in [2.75, 3.05) is 18.4 Å². The zero-order chi connectivity index (χ0) is 18.0. The number of amides is 2. The zero-order valence-electron chi connectivity index (χ0n) is 14.6. The first-order chi connectivity index (χ1) is 11.8. The summed E-state index contributed by atoms with van der Waals surface area (Å²) in [6, 6.07) is 3.72. The van der Waals surface area contributed by atoms with Crippen molar-refractivity contribution in [2.45, 2.75) is 39.0 Å². The molecule has 1 N–H and O–H groups in total. The molecular weight excluding hydrogens is 356 g/mol. The molecule has 0 saturated carbocycles. The summed E-state index contributed by atoms with van der Waals surface area (Å²) in [5, 5.41) is 14.5. The Hall–Kier alpha value is -1.80. The molecule has 6 nitrogen and oxygen atoms in total. The lowest BCUT2D eigenvalue weighted by molar-refractivity contribution is -0.121. The maximum Gasteiger partial charge on any atom is 0.263 e. The summed E-state index contributed by atoms with van der Waals surface area (Å²) in [6.07, 6.45) is 1.35. The van der Waals surface area contributed by atoms with Crippen molar-refractivity contribution in [3.05, 3.63) is 27.4 Å². The van der Waals surface area contributed by atoms with Crippen LogP contribution in [-0.4, -0.2) is 40.0 Å². The third-order valence-electron chi connectivity index (χ3n) is 4.18. The van der Waals surface area contributed by atoms with Crippen molar-refractivity contribution in [2.24, 2.45) is 5.92 Å². The average molecular weight is 379 g/mol. The number of carbonyl (C=O) groups excluding carboxylic acids is 2. The fraction of sp³-hybridized carbons (Fsp3) is 0.529. The molecule has 2 aromatic rings. The van der Waals surface area contributed by atoms with Gasteiger partial charge in [-0.05, 0) is 24.3 Å². The van der Waals surface area contributed by atoms with Gasteiger partial charge in [0.05, 0.1) is 4.88 Å². The molecule has 2 aromatic heterocycles. The summed E-state index contributed by atoms with van der Waals surface area (Å²) >= 11 is 2.87. The molecule has 0 bridgehead atoms. The fourth-order valence-electron chi connectivity index (χ4n) is 2.69. The lowest BCUT2D eigenvalue weighted by atomic mass is 9.96. The van der Waals surface area contributed by atoms with Crippen LogP contribution in [0.3, 0.4) is 0 Å². The highest BCUT2D eigenvalue weighted by Gasteiger charge is 2.29. The van der Waals surface area contributed by atoms with Crippen LogP contribution in [0, 0.1) is 5.92 Å². The predicted octanol–water partition coefficient (Wildman–Crippen LogP) is 3.39. The third-order valence-corrected chi connectivity index (χ3v) is 6.30. The van der Waals surface area contributed by atoms with Crippen LogP contribution >= 0.6 is 22.7 Å². The predicted molar refractivity (Wildman–Crippen MR) is 100 cm³/mol. The van der Waals surface area contributed by atoms with Crippen LogP contribution in [0.1, 0.15) is 48.3 Å². The van der Waals surface area contributed by atoms with Crippen molar-refractivity contribution >= 4 is 39.6 Å². The van der Waals surface area contributed by atoms with Crippen LogP contribution in [0.4, 0.5) is 5.13 Å². The van der Waals surface area contributed by atoms with Gasteiger partial charge in [0.1, 0.15) is 5.01 Å². The summed E-state index contributed by atoms with van der Waals surface area (Å²) in [4.78, 5) is 27.4. The second-order valence-electron chi connectivity index (χ2n) is 7.20. The Morgan fingerprint density at radius 3 is 2.52 bits per heavy atom. The van der Waals surface area contributed by atoms with E-state index < -0.39 is 0 Å². The molecule has 0 unspecified atom stereocenters. The summed E-state index contributed by atoms with van der Waals surface area (Å²) in [5.74, 6) is -0.0537. The fourth-order valence-corrected chi connectivity index (χ4v) is 4.18. The number of hydrogen-bond donors (Lipinski definition) is 1. The Balaban J connectivity index is 1.53. The number of piperidine rings is 1. The molecule has 3 rings (SSSR count). The molecule has 0 atom stereocenters. The van der Waals surface area contributed by atoms with Crippen molar-refractivity contribution in [3.8, 4) is 0 Å². The van der Waals surface area contributed by atoms with Crippen LogP contribution in [0.5, 0.6) is 0 Å². The summed E-state index contributed by atoms with van der Waals surface area (Å²) in [7, 11) is 0. The number of likely N-dealkylation sites (tertiary alicyclic amines) is 1. The van der Waals surface area contributed by atoms with Gasteiger partial charge in [0.15, 0.2) is 0 Å². The Bertz CT molecular complexity index is 741. The molecule has 0 aliphatic carbocycles. The molecule has 1 fully saturated rings. The van der Waals surface area contributed by atoms with Gasteiger partial charge in [-0.2, -0.15) is 0 Å². The summed E-state index contributed by atoms with van der Waals surface area (Å²) < 4.78 is 0. The number of aromatic nitrogens is 2. The maximum atomic E-state index is 12.5. The average Bonchev–Trinajstić information content (AvgIpc) is 3.25. The topological polar surface area (TPSA) is 75.2 Å². The molecule has 0 aromatic carbocycles. The van der Waals surface area contributed by atoms with Gasteiger partial charge in [0.25, 0.3) is 5.91 Å². The van der Waals surface area contributed by atoms with Crippen molar-refractivity contribution < 1.29 is 9.59 Å². The Morgan fingerprint density at radius 2 is 1.96 bits per heavy atom. The van der Waals surface area contributed by atoms with Crippen molar-refractivity contribution in [3.63, 3.8) is 0 Å². The zero-order valence-corrected chi connectivity index (χ0v) is 16.2. The molecule has 25 heavy (non-hydrogen) atoms. The van der Waals surface area contributed by atoms with E-state index in [1.807, 2.05) is 22.4 Å². The van der Waals surface area contributed by atoms with E-state index >= 15 is 0 Å². The highest BCUT2D eigenvalue weighted by molar-refractivity contribution is 7.15. The van der Waals surface area contributed by atoms with Crippen LogP contribution in [-0.2, 0) is 10.2 Å². The van der Waals surface area contributed by atoms with E-state index in [-0.39, 0.29) is 23.1 Å². The first-order valence-electron chi connectivity index (χ1n) is 8.32. The largest absolute Gasteiger partial charge is 0.338 e. The van der Waals surface area contributed by atoms with Gasteiger partial charge in [-0.1, -0.05) is 38.2 Å². The summed E-state index contributed by atoms with van der Waals surface area (Å²) in [5.41, 5.74) is -0.0753. The van der Waals surface area contributed by atoms with E-state index in [0.717, 1.165) is 9.88 Å². The Morgan fingerprint density at radius 1 is 1.24 bits per heavy atom. The van der Waals surface area contributed by atoms with E-state index in [1.54, 1.807) is 0 Å². The first-order valence-corrected chi connectivity index (χ1v) is 10.0. The standard InChI is InChI=1S/C17H22N4O2S2/c1-17(2,3)15-19-20-16(25-15)18-13(22)11-6-8-21(9-7-11)14(23)12-5-4-10-24-12/h4-5,10-11H,6-9H2,1-3H3,(H,18,20,22). The van der Waals surface area contributed by atoms with Crippen LogP contribution in [0.15, 0.2) is 17.5 Å². The molecule has 0 radical (unpaired) electrons. The first kappa shape index (κ1) is 18.0. The van der Waals surface area contributed by atoms with Gasteiger partial charge in [-0.15, -0.1) is 21.5 Å². The number of thiophene rings is 1. The number of anilines is 1. The number of nitrogens with zero attached hydrogens (tertiary/aromatic N) is 3. The minimum atomic E-state index is -0.0885. The van der Waals surface area contributed by atoms with E-state index in [9.17, 15) is 9.59 Å². The molecule has 1 saturated heterocycles. The molecule has 1 aliphatic heterocycles. The van der Waals surface area contributed by atoms with Gasteiger partial charge in [0.2, 0.25) is 11.0 Å². The van der Waals surface area contributed by atoms with Gasteiger partial charge in [-0.25, -0.2) is 0 Å². The van der Waals surface area contributed by atoms with E-state index in [0.29, 0.717) is 31.1 Å². The van der Waals surface area contributed by atoms with Crippen LogP contribution in [0.25, 0.3) is 0 Å². The Kier molecular flexibility index (Phi) is 5.19. The molecule has 1 aliphatic rings. The minimum Gasteiger partial charge on any atom is -0.338 e. The molecular formula is C17H22N4O2S2. The van der Waals surface area contributed by atoms with Gasteiger partial charge < -0.3 is 10.2 Å². The monoisotopic (exact) mass is 378 g/mol. The normalized spacial score (nSPS) is 16.0. The molecule has 8 heteroatoms. The highest BCUT2D eigenvalue weighted by Crippen LogP contribution is 2.28. The highest BCUT2D eigenvalue weighted by atomic mass is 32.1. The molecule has 134 valence electrons. The van der Waals surface area contributed by atoms with Gasteiger partial charge >= 0.3 is 0 Å². The van der Waals surface area contributed by atoms with Crippen LogP contribution in [0.2, 0.25) is 0 Å². The minimum absolute atomic E-state index is 0.0279. The lowest BCUT2D eigenvalue weighted by Crippen LogP contribution is -2.41. The van der Waals surface area contributed by atoms with E-state index in [4.69, 9.17) is 0 Å². The number of carbonyl (C=O) groups is 2. The van der Waals surface area contributed by atoms with Crippen LogP contribution < -0.4 is 5.32 Å². The molecule has 0 spiro atoms. The number of hydrogen-bond acceptors (Lipinski definition) is 6. The third kappa shape index (κ3) is 4.24. The second-order valence-corrected chi connectivity index (χ2v) is 9.12. The second kappa shape index (κ2) is 7.21. The summed E-state index contributed by atoms with van der Waals surface area (Å²) in [6.45, 7) is 7.43. The van der Waals surface area contributed by atoms with E-state index in [2.05, 4.69) is 36.3 Å². The number of rotatable bonds is 3. The van der Waals surface area contributed by atoms with Crippen molar-refractivity contribution in [1.29, 1.82) is 0 Å². The quantitative estimate of drug-likeness (QED) is 0.888. The smallest absolute Gasteiger partial charge is 0.263 e. The SMILES string of the molecule is CC(C)(C)c1nnc(NC(=O)C2CCN(C(=O)c3cccs3)CC2)s1. The van der Waals surface area contributed by atoms with Gasteiger partial charge in [0, 0.05) is 24.4 Å². The number of nitrogens with one attached hydrogen (secondary N) is 1. The molecule has 2 amide bonds. The molecule has 3 heterocycles. The van der Waals surface area contributed by atoms with E-state index in [1.165, 1.54) is 22.7 Å². The van der Waals surface area contributed by atoms with Gasteiger partial charge in [-0.3, -0.25) is 9.59 Å². The lowest BCUT2D eigenvalue weighted by Gasteiger charge is -2.30. The van der Waals surface area contributed by atoms with Crippen molar-refractivity contribution in [1.82, 2.24) is 15.1 Å².